The molecule has 4 rings (SSSR count). The lowest BCUT2D eigenvalue weighted by Gasteiger charge is -2.53. The number of carbonyl (C=O) groups excluding carboxylic acids is 1. The first-order valence-corrected chi connectivity index (χ1v) is 11.3. The Morgan fingerprint density at radius 3 is 2.55 bits per heavy atom. The number of nitrogens with two attached hydrogens (primary N) is 1. The van der Waals surface area contributed by atoms with Crippen LogP contribution in [-0.4, -0.2) is 64.8 Å². The zero-order valence-electron chi connectivity index (χ0n) is 18.0. The smallest absolute Gasteiger partial charge is 0.277 e. The lowest BCUT2D eigenvalue weighted by molar-refractivity contribution is -0.161. The Morgan fingerprint density at radius 1 is 1.27 bits per heavy atom. The molecule has 3 aromatic rings. The van der Waals surface area contributed by atoms with Crippen molar-refractivity contribution in [1.82, 2.24) is 29.5 Å². The first kappa shape index (κ1) is 23.1. The summed E-state index contributed by atoms with van der Waals surface area (Å²) in [6.07, 6.45) is 4.18. The lowest BCUT2D eigenvalue weighted by atomic mass is 9.90. The molecule has 0 saturated carbocycles. The van der Waals surface area contributed by atoms with Gasteiger partial charge in [0.05, 0.1) is 11.7 Å². The molecule has 9 nitrogen and oxygen atoms in total. The van der Waals surface area contributed by atoms with E-state index in [1.54, 1.807) is 63.0 Å². The Labute approximate surface area is 201 Å². The highest BCUT2D eigenvalue weighted by molar-refractivity contribution is 7.80. The van der Waals surface area contributed by atoms with E-state index in [0.29, 0.717) is 29.2 Å². The van der Waals surface area contributed by atoms with Gasteiger partial charge in [0, 0.05) is 24.3 Å². The van der Waals surface area contributed by atoms with Gasteiger partial charge in [0.1, 0.15) is 18.8 Å². The molecule has 1 aromatic carbocycles. The average molecular weight is 486 g/mol. The van der Waals surface area contributed by atoms with E-state index in [-0.39, 0.29) is 17.6 Å². The second-order valence-corrected chi connectivity index (χ2v) is 8.62. The molecule has 1 aliphatic heterocycles. The molecule has 3 atom stereocenters. The lowest BCUT2D eigenvalue weighted by Crippen LogP contribution is -2.72. The molecule has 3 heterocycles. The maximum atomic E-state index is 14.4. The summed E-state index contributed by atoms with van der Waals surface area (Å²) in [4.78, 5) is 22.1. The van der Waals surface area contributed by atoms with E-state index in [1.807, 2.05) is 6.92 Å². The molecule has 0 aliphatic carbocycles. The minimum absolute atomic E-state index is 0.00726. The molecule has 1 amide bonds. The quantitative estimate of drug-likeness (QED) is 0.509. The van der Waals surface area contributed by atoms with Gasteiger partial charge in [-0.1, -0.05) is 36.7 Å². The van der Waals surface area contributed by atoms with Gasteiger partial charge in [-0.25, -0.2) is 0 Å². The van der Waals surface area contributed by atoms with Gasteiger partial charge < -0.3 is 20.6 Å². The monoisotopic (exact) mass is 485 g/mol. The molecule has 2 aromatic heterocycles. The third-order valence-electron chi connectivity index (χ3n) is 5.84. The van der Waals surface area contributed by atoms with Crippen LogP contribution in [0.5, 0.6) is 0 Å². The molecule has 172 valence electrons. The number of nitrogens with zero attached hydrogens (tertiary/aromatic N) is 6. The second kappa shape index (κ2) is 9.42. The Kier molecular flexibility index (Phi) is 6.59. The molecule has 0 spiro atoms. The van der Waals surface area contributed by atoms with E-state index in [2.05, 4.69) is 15.2 Å². The SMILES string of the molecule is CCCN1C(=O)C(c2ccccn2)(n2cnnc2)N(C(N)=S)CC1C(O)c1ccc(Cl)cc1. The van der Waals surface area contributed by atoms with Gasteiger partial charge in [-0.15, -0.1) is 10.2 Å². The van der Waals surface area contributed by atoms with Gasteiger partial charge in [-0.3, -0.25) is 14.3 Å². The number of pyridine rings is 1. The molecular weight excluding hydrogens is 462 g/mol. The van der Waals surface area contributed by atoms with Crippen molar-refractivity contribution in [2.45, 2.75) is 31.2 Å². The summed E-state index contributed by atoms with van der Waals surface area (Å²) in [6.45, 7) is 2.55. The van der Waals surface area contributed by atoms with Crippen LogP contribution in [0.4, 0.5) is 0 Å². The number of aliphatic hydroxyl groups is 1. The molecule has 0 bridgehead atoms. The van der Waals surface area contributed by atoms with E-state index < -0.39 is 17.8 Å². The van der Waals surface area contributed by atoms with Gasteiger partial charge in [-0.05, 0) is 48.5 Å². The summed E-state index contributed by atoms with van der Waals surface area (Å²) in [5.74, 6) is -0.333. The number of hydrogen-bond acceptors (Lipinski definition) is 6. The summed E-state index contributed by atoms with van der Waals surface area (Å²) >= 11 is 11.4. The highest BCUT2D eigenvalue weighted by Crippen LogP contribution is 2.39. The minimum atomic E-state index is -1.53. The number of thiocarbonyl (C=S) groups is 1. The molecule has 1 saturated heterocycles. The van der Waals surface area contributed by atoms with E-state index in [1.165, 1.54) is 12.7 Å². The fraction of sp³-hybridized carbons (Fsp3) is 0.318. The Morgan fingerprint density at radius 2 is 1.97 bits per heavy atom. The summed E-state index contributed by atoms with van der Waals surface area (Å²) in [6, 6.07) is 11.6. The van der Waals surface area contributed by atoms with Gasteiger partial charge in [0.2, 0.25) is 5.66 Å². The van der Waals surface area contributed by atoms with Gasteiger partial charge >= 0.3 is 0 Å². The molecular formula is C22H24ClN7O2S. The van der Waals surface area contributed by atoms with E-state index in [9.17, 15) is 9.90 Å². The van der Waals surface area contributed by atoms with Crippen molar-refractivity contribution in [2.24, 2.45) is 5.73 Å². The van der Waals surface area contributed by atoms with Crippen molar-refractivity contribution >= 4 is 34.8 Å². The predicted octanol–water partition coefficient (Wildman–Crippen LogP) is 1.93. The van der Waals surface area contributed by atoms with Gasteiger partial charge in [0.25, 0.3) is 5.91 Å². The Hall–Kier alpha value is -3.08. The van der Waals surface area contributed by atoms with Crippen molar-refractivity contribution in [2.75, 3.05) is 13.1 Å². The van der Waals surface area contributed by atoms with E-state index in [4.69, 9.17) is 29.6 Å². The Bertz CT molecular complexity index is 1110. The van der Waals surface area contributed by atoms with Crippen LogP contribution >= 0.6 is 23.8 Å². The van der Waals surface area contributed by atoms with Gasteiger partial charge in [0.15, 0.2) is 5.11 Å². The van der Waals surface area contributed by atoms with Crippen LogP contribution in [0.25, 0.3) is 0 Å². The molecule has 1 aliphatic rings. The van der Waals surface area contributed by atoms with Crippen LogP contribution in [0.15, 0.2) is 61.3 Å². The van der Waals surface area contributed by atoms with Crippen LogP contribution in [-0.2, 0) is 10.5 Å². The number of carbonyl (C=O) groups is 1. The van der Waals surface area contributed by atoms with Crippen LogP contribution in [0.1, 0.15) is 30.7 Å². The zero-order valence-corrected chi connectivity index (χ0v) is 19.5. The highest BCUT2D eigenvalue weighted by atomic mass is 35.5. The minimum Gasteiger partial charge on any atom is -0.386 e. The van der Waals surface area contributed by atoms with Crippen molar-refractivity contribution < 1.29 is 9.90 Å². The summed E-state index contributed by atoms with van der Waals surface area (Å²) in [5, 5.41) is 19.7. The maximum Gasteiger partial charge on any atom is 0.277 e. The number of aromatic nitrogens is 4. The first-order valence-electron chi connectivity index (χ1n) is 10.5. The normalized spacial score (nSPS) is 21.8. The average Bonchev–Trinajstić information content (AvgIpc) is 3.36. The number of rotatable bonds is 6. The van der Waals surface area contributed by atoms with Gasteiger partial charge in [-0.2, -0.15) is 0 Å². The number of halogens is 1. The Balaban J connectivity index is 1.89. The topological polar surface area (TPSA) is 113 Å². The predicted molar refractivity (Wildman–Crippen MR) is 127 cm³/mol. The number of hydrogen-bond donors (Lipinski definition) is 2. The van der Waals surface area contributed by atoms with Crippen molar-refractivity contribution in [3.8, 4) is 0 Å². The number of piperazine rings is 1. The molecule has 0 radical (unpaired) electrons. The molecule has 3 unspecified atom stereocenters. The fourth-order valence-electron chi connectivity index (χ4n) is 4.36. The fourth-order valence-corrected chi connectivity index (χ4v) is 4.69. The third kappa shape index (κ3) is 3.94. The standard InChI is InChI=1S/C22H24ClN7O2S/c1-2-11-29-17(19(31)15-6-8-16(23)9-7-15)12-30(21(24)33)22(20(29)32,28-13-26-27-14-28)18-5-3-4-10-25-18/h3-10,13-14,17,19,31H,2,11-12H2,1H3,(H2,24,33). The zero-order chi connectivity index (χ0) is 23.6. The van der Waals surface area contributed by atoms with E-state index in [0.717, 1.165) is 0 Å². The largest absolute Gasteiger partial charge is 0.386 e. The maximum absolute atomic E-state index is 14.4. The highest BCUT2D eigenvalue weighted by Gasteiger charge is 2.58. The van der Waals surface area contributed by atoms with Crippen molar-refractivity contribution in [3.05, 3.63) is 77.6 Å². The van der Waals surface area contributed by atoms with Crippen LogP contribution in [0, 0.1) is 0 Å². The summed E-state index contributed by atoms with van der Waals surface area (Å²) in [5.41, 5.74) is 5.72. The second-order valence-electron chi connectivity index (χ2n) is 7.77. The summed E-state index contributed by atoms with van der Waals surface area (Å²) in [7, 11) is 0. The van der Waals surface area contributed by atoms with Crippen LogP contribution in [0.2, 0.25) is 5.02 Å². The molecule has 1 fully saturated rings. The van der Waals surface area contributed by atoms with Crippen molar-refractivity contribution in [3.63, 3.8) is 0 Å². The van der Waals surface area contributed by atoms with E-state index >= 15 is 0 Å². The molecule has 33 heavy (non-hydrogen) atoms. The van der Waals surface area contributed by atoms with Crippen LogP contribution in [0.3, 0.4) is 0 Å². The van der Waals surface area contributed by atoms with Crippen LogP contribution < -0.4 is 5.73 Å². The third-order valence-corrected chi connectivity index (χ3v) is 6.31. The molecule has 11 heteroatoms. The first-order chi connectivity index (χ1) is 15.9. The number of benzene rings is 1. The number of aliphatic hydroxyl groups excluding tert-OH is 1. The summed E-state index contributed by atoms with van der Waals surface area (Å²) < 4.78 is 1.56. The number of amides is 1. The molecule has 3 N–H and O–H groups in total. The van der Waals surface area contributed by atoms with Crippen molar-refractivity contribution in [1.29, 1.82) is 0 Å².